The van der Waals surface area contributed by atoms with Crippen molar-refractivity contribution >= 4 is 43.5 Å². The molecule has 2 aromatic heterocycles. The fraction of sp³-hybridized carbons (Fsp3) is 0.182. The minimum Gasteiger partial charge on any atom is -0.455 e. The number of nitrogens with zero attached hydrogens (tertiary/aromatic N) is 1. The van der Waals surface area contributed by atoms with Crippen LogP contribution < -0.4 is 11.1 Å². The van der Waals surface area contributed by atoms with Crippen LogP contribution in [0.2, 0.25) is 0 Å². The molecule has 0 spiro atoms. The Labute approximate surface area is 304 Å². The van der Waals surface area contributed by atoms with Gasteiger partial charge in [0.1, 0.15) is 11.2 Å². The Kier molecular flexibility index (Phi) is 8.03. The van der Waals surface area contributed by atoms with Gasteiger partial charge >= 0.3 is 12.4 Å². The number of fused-ring (bicyclic) bond motifs is 2. The molecule has 0 saturated carbocycles. The Morgan fingerprint density at radius 2 is 1.02 bits per heavy atom. The summed E-state index contributed by atoms with van der Waals surface area (Å²) in [5, 5.41) is 2.00. The molecule has 0 saturated heterocycles. The first-order valence-corrected chi connectivity index (χ1v) is 17.4. The van der Waals surface area contributed by atoms with E-state index in [2.05, 4.69) is 0 Å². The van der Waals surface area contributed by atoms with Gasteiger partial charge < -0.3 is 4.42 Å². The molecular weight excluding hydrogens is 704 g/mol. The fourth-order valence-electron chi connectivity index (χ4n) is 7.63. The molecule has 0 amide bonds. The van der Waals surface area contributed by atoms with E-state index in [0.717, 1.165) is 35.4 Å². The van der Waals surface area contributed by atoms with Crippen molar-refractivity contribution in [1.82, 2.24) is 4.57 Å². The van der Waals surface area contributed by atoms with Gasteiger partial charge in [0.2, 0.25) is 0 Å². The topological polar surface area (TPSA) is 52.2 Å². The zero-order chi connectivity index (χ0) is 38.4. The normalized spacial score (nSPS) is 12.7. The van der Waals surface area contributed by atoms with Crippen LogP contribution in [0.5, 0.6) is 0 Å². The highest BCUT2D eigenvalue weighted by Gasteiger charge is 2.32. The van der Waals surface area contributed by atoms with Gasteiger partial charge in [0, 0.05) is 37.9 Å². The molecule has 272 valence electrons. The number of hydrogen-bond donors (Lipinski definition) is 0. The van der Waals surface area contributed by atoms with E-state index in [1.54, 1.807) is 36.4 Å². The average molecular weight is 736 g/mol. The van der Waals surface area contributed by atoms with Gasteiger partial charge in [-0.2, -0.15) is 26.3 Å². The van der Waals surface area contributed by atoms with Crippen LogP contribution in [0, 0.1) is 0 Å². The van der Waals surface area contributed by atoms with E-state index in [-0.39, 0.29) is 28.2 Å². The van der Waals surface area contributed by atoms with E-state index in [0.29, 0.717) is 55.1 Å². The number of alkyl halides is 6. The van der Waals surface area contributed by atoms with Gasteiger partial charge in [0.15, 0.2) is 0 Å². The van der Waals surface area contributed by atoms with Crippen LogP contribution in [0.4, 0.5) is 26.3 Å². The SMILES string of the molecule is CC(C)c1cccc(C(C)C)c1-n1c(=O)c2cc(-c3ccc(C(F)(F)F)cc3)c3oc4ccccc4c4c(-c5ccc(C(F)(F)F)cc5)cc(c1=O)c2c34. The number of aromatic nitrogens is 1. The third kappa shape index (κ3) is 5.46. The van der Waals surface area contributed by atoms with Gasteiger partial charge in [-0.15, -0.1) is 0 Å². The van der Waals surface area contributed by atoms with Crippen LogP contribution in [0.15, 0.2) is 117 Å². The molecule has 54 heavy (non-hydrogen) atoms. The Bertz CT molecular complexity index is 2820. The molecule has 10 heteroatoms. The molecule has 0 aliphatic heterocycles. The first-order chi connectivity index (χ1) is 25.6. The van der Waals surface area contributed by atoms with Crippen LogP contribution in [-0.4, -0.2) is 4.57 Å². The summed E-state index contributed by atoms with van der Waals surface area (Å²) in [6.45, 7) is 7.84. The lowest BCUT2D eigenvalue weighted by Crippen LogP contribution is -2.34. The van der Waals surface area contributed by atoms with Gasteiger partial charge in [0.25, 0.3) is 11.1 Å². The number of benzene rings is 6. The summed E-state index contributed by atoms with van der Waals surface area (Å²) >= 11 is 0. The third-order valence-corrected chi connectivity index (χ3v) is 10.2. The molecule has 0 bridgehead atoms. The predicted molar refractivity (Wildman–Crippen MR) is 201 cm³/mol. The minimum absolute atomic E-state index is 0.0913. The highest BCUT2D eigenvalue weighted by Crippen LogP contribution is 2.47. The lowest BCUT2D eigenvalue weighted by atomic mass is 9.87. The Morgan fingerprint density at radius 3 is 1.52 bits per heavy atom. The maximum atomic E-state index is 15.0. The van der Waals surface area contributed by atoms with E-state index in [1.807, 2.05) is 45.9 Å². The second-order valence-electron chi connectivity index (χ2n) is 14.2. The van der Waals surface area contributed by atoms with Crippen molar-refractivity contribution in [2.45, 2.75) is 51.9 Å². The van der Waals surface area contributed by atoms with Crippen LogP contribution in [-0.2, 0) is 12.4 Å². The molecule has 8 rings (SSSR count). The summed E-state index contributed by atoms with van der Waals surface area (Å²) in [7, 11) is 0. The van der Waals surface area contributed by atoms with Crippen molar-refractivity contribution in [2.75, 3.05) is 0 Å². The number of halogens is 6. The van der Waals surface area contributed by atoms with Gasteiger partial charge in [-0.1, -0.05) is 88.4 Å². The van der Waals surface area contributed by atoms with Crippen molar-refractivity contribution in [3.8, 4) is 27.9 Å². The second kappa shape index (κ2) is 12.3. The number of pyridine rings is 1. The van der Waals surface area contributed by atoms with Crippen LogP contribution in [0.1, 0.15) is 61.8 Å². The zero-order valence-electron chi connectivity index (χ0n) is 29.4. The quantitative estimate of drug-likeness (QED) is 0.100. The maximum Gasteiger partial charge on any atom is 0.416 e. The monoisotopic (exact) mass is 735 g/mol. The number of hydrogen-bond acceptors (Lipinski definition) is 3. The standard InChI is InChI=1S/C44H31F6NO3/c1-22(2)28-9-7-10-29(23(3)4)39(28)51-41(52)33-20-31(24-12-16-26(17-13-24)43(45,46)47)36-30-8-5-6-11-35(30)54-40-32(21-34(42(51)53)37(33)38(36)40)25-14-18-27(19-15-25)44(48,49)50/h5-23H,1-4H3. The Hall–Kier alpha value is -5.90. The smallest absolute Gasteiger partial charge is 0.416 e. The summed E-state index contributed by atoms with van der Waals surface area (Å²) in [6, 6.07) is 24.9. The van der Waals surface area contributed by atoms with E-state index < -0.39 is 34.6 Å². The van der Waals surface area contributed by atoms with E-state index in [9.17, 15) is 26.3 Å². The van der Waals surface area contributed by atoms with Gasteiger partial charge in [-0.05, 0) is 82.1 Å². The average Bonchev–Trinajstić information content (AvgIpc) is 3.13. The molecule has 0 aliphatic rings. The first-order valence-electron chi connectivity index (χ1n) is 17.4. The zero-order valence-corrected chi connectivity index (χ0v) is 29.4. The third-order valence-electron chi connectivity index (χ3n) is 10.2. The summed E-state index contributed by atoms with van der Waals surface area (Å²) in [5.41, 5.74) is 1.05. The lowest BCUT2D eigenvalue weighted by molar-refractivity contribution is -0.138. The van der Waals surface area contributed by atoms with Crippen molar-refractivity contribution in [3.63, 3.8) is 0 Å². The van der Waals surface area contributed by atoms with Crippen molar-refractivity contribution in [2.24, 2.45) is 0 Å². The molecule has 0 radical (unpaired) electrons. The Morgan fingerprint density at radius 1 is 0.537 bits per heavy atom. The van der Waals surface area contributed by atoms with Crippen molar-refractivity contribution < 1.29 is 30.8 Å². The fourth-order valence-corrected chi connectivity index (χ4v) is 7.63. The molecule has 4 nitrogen and oxygen atoms in total. The predicted octanol–water partition coefficient (Wildman–Crippen LogP) is 12.5. The largest absolute Gasteiger partial charge is 0.455 e. The number of para-hydroxylation sites is 2. The summed E-state index contributed by atoms with van der Waals surface area (Å²) < 4.78 is 89.9. The summed E-state index contributed by atoms with van der Waals surface area (Å²) in [5.74, 6) is -0.183. The van der Waals surface area contributed by atoms with Crippen molar-refractivity contribution in [1.29, 1.82) is 0 Å². The first kappa shape index (κ1) is 35.1. The summed E-state index contributed by atoms with van der Waals surface area (Å²) in [6.07, 6.45) is -9.18. The summed E-state index contributed by atoms with van der Waals surface area (Å²) in [4.78, 5) is 30.0. The molecular formula is C44H31F6NO3. The minimum atomic E-state index is -4.59. The molecule has 6 aromatic carbocycles. The molecule has 0 unspecified atom stereocenters. The lowest BCUT2D eigenvalue weighted by Gasteiger charge is -2.23. The Balaban J connectivity index is 1.62. The van der Waals surface area contributed by atoms with E-state index in [4.69, 9.17) is 4.42 Å². The molecule has 0 fully saturated rings. The number of rotatable bonds is 5. The van der Waals surface area contributed by atoms with Gasteiger partial charge in [0.05, 0.1) is 16.8 Å². The highest BCUT2D eigenvalue weighted by molar-refractivity contribution is 6.32. The molecule has 8 aromatic rings. The van der Waals surface area contributed by atoms with Gasteiger partial charge in [-0.3, -0.25) is 9.59 Å². The van der Waals surface area contributed by atoms with Crippen LogP contribution in [0.3, 0.4) is 0 Å². The molecule has 0 aliphatic carbocycles. The molecule has 0 N–H and O–H groups in total. The van der Waals surface area contributed by atoms with Crippen molar-refractivity contribution in [3.05, 3.63) is 146 Å². The van der Waals surface area contributed by atoms with E-state index in [1.165, 1.54) is 28.8 Å². The van der Waals surface area contributed by atoms with Crippen LogP contribution in [0.25, 0.3) is 71.4 Å². The molecule has 0 atom stereocenters. The van der Waals surface area contributed by atoms with Gasteiger partial charge in [-0.25, -0.2) is 4.57 Å². The van der Waals surface area contributed by atoms with Crippen LogP contribution >= 0.6 is 0 Å². The second-order valence-corrected chi connectivity index (χ2v) is 14.2. The molecule has 2 heterocycles. The van der Waals surface area contributed by atoms with E-state index >= 15 is 9.59 Å². The maximum absolute atomic E-state index is 15.0. The highest BCUT2D eigenvalue weighted by atomic mass is 19.4.